The highest BCUT2D eigenvalue weighted by molar-refractivity contribution is 7.92. The quantitative estimate of drug-likeness (QED) is 0.357. The number of benzene rings is 3. The van der Waals surface area contributed by atoms with E-state index in [0.29, 0.717) is 12.1 Å². The zero-order valence-electron chi connectivity index (χ0n) is 20.9. The van der Waals surface area contributed by atoms with Gasteiger partial charge in [0.05, 0.1) is 11.9 Å². The summed E-state index contributed by atoms with van der Waals surface area (Å²) in [5.41, 5.74) is 1.18. The summed E-state index contributed by atoms with van der Waals surface area (Å²) in [7, 11) is -4.00. The van der Waals surface area contributed by atoms with E-state index in [-0.39, 0.29) is 28.7 Å². The van der Waals surface area contributed by atoms with Gasteiger partial charge < -0.3 is 10.2 Å². The highest BCUT2D eigenvalue weighted by Gasteiger charge is 2.33. The molecule has 0 saturated heterocycles. The Balaban J connectivity index is 2.09. The van der Waals surface area contributed by atoms with Crippen molar-refractivity contribution in [1.29, 1.82) is 0 Å². The van der Waals surface area contributed by atoms with Crippen molar-refractivity contribution in [3.63, 3.8) is 0 Å². The molecule has 0 aliphatic rings. The first-order valence-electron chi connectivity index (χ1n) is 11.8. The molecule has 7 nitrogen and oxygen atoms in total. The molecule has 0 aliphatic heterocycles. The summed E-state index contributed by atoms with van der Waals surface area (Å²) in [5.74, 6) is -1.78. The van der Waals surface area contributed by atoms with Gasteiger partial charge in [-0.25, -0.2) is 12.8 Å². The van der Waals surface area contributed by atoms with E-state index in [2.05, 4.69) is 5.32 Å². The molecule has 202 valence electrons. The van der Waals surface area contributed by atoms with Crippen LogP contribution in [0.15, 0.2) is 72.8 Å². The van der Waals surface area contributed by atoms with Crippen LogP contribution in [0.2, 0.25) is 10.0 Å². The second-order valence-electron chi connectivity index (χ2n) is 8.57. The van der Waals surface area contributed by atoms with Crippen LogP contribution >= 0.6 is 23.2 Å². The molecule has 0 fully saturated rings. The molecule has 3 aromatic rings. The minimum Gasteiger partial charge on any atom is -0.355 e. The summed E-state index contributed by atoms with van der Waals surface area (Å²) in [6.07, 6.45) is 1.07. The molecule has 0 heterocycles. The lowest BCUT2D eigenvalue weighted by atomic mass is 10.0. The summed E-state index contributed by atoms with van der Waals surface area (Å²) >= 11 is 12.8. The van der Waals surface area contributed by atoms with Gasteiger partial charge in [0.25, 0.3) is 0 Å². The molecule has 2 amide bonds. The van der Waals surface area contributed by atoms with Gasteiger partial charge >= 0.3 is 0 Å². The Kier molecular flexibility index (Phi) is 10.1. The molecular formula is C27H28Cl2FN3O4S. The van der Waals surface area contributed by atoms with Gasteiger partial charge in [-0.05, 0) is 42.8 Å². The number of likely N-dealkylation sites (N-methyl/N-ethyl adjacent to an activating group) is 1. The third kappa shape index (κ3) is 7.69. The average Bonchev–Trinajstić information content (AvgIpc) is 2.86. The Morgan fingerprint density at radius 3 is 2.18 bits per heavy atom. The number of hydrogen-bond donors (Lipinski definition) is 1. The van der Waals surface area contributed by atoms with Crippen LogP contribution in [0.25, 0.3) is 0 Å². The molecule has 0 aromatic heterocycles. The number of nitrogens with zero attached hydrogens (tertiary/aromatic N) is 2. The van der Waals surface area contributed by atoms with Crippen LogP contribution in [0.3, 0.4) is 0 Å². The maximum atomic E-state index is 14.0. The summed E-state index contributed by atoms with van der Waals surface area (Å²) in [5, 5.41) is 3.33. The number of halogens is 3. The summed E-state index contributed by atoms with van der Waals surface area (Å²) in [4.78, 5) is 28.5. The van der Waals surface area contributed by atoms with Crippen LogP contribution < -0.4 is 9.62 Å². The monoisotopic (exact) mass is 579 g/mol. The first kappa shape index (κ1) is 29.4. The van der Waals surface area contributed by atoms with Crippen molar-refractivity contribution in [2.24, 2.45) is 0 Å². The Bertz CT molecular complexity index is 1370. The number of carbonyl (C=O) groups is 2. The molecule has 11 heteroatoms. The molecule has 38 heavy (non-hydrogen) atoms. The van der Waals surface area contributed by atoms with E-state index < -0.39 is 40.2 Å². The Morgan fingerprint density at radius 2 is 1.61 bits per heavy atom. The Labute approximate surface area is 232 Å². The zero-order chi connectivity index (χ0) is 27.9. The Morgan fingerprint density at radius 1 is 0.974 bits per heavy atom. The first-order chi connectivity index (χ1) is 18.0. The molecule has 1 N–H and O–H groups in total. The van der Waals surface area contributed by atoms with E-state index in [4.69, 9.17) is 23.2 Å². The predicted octanol–water partition coefficient (Wildman–Crippen LogP) is 4.67. The fourth-order valence-corrected chi connectivity index (χ4v) is 5.30. The van der Waals surface area contributed by atoms with Gasteiger partial charge in [-0.1, -0.05) is 65.7 Å². The number of sulfonamides is 1. The SMILES string of the molecule is CCNC(=O)[C@@H](Cc1ccccc1)N(Cc1c(Cl)cccc1Cl)C(=O)CN(c1cccc(F)c1)S(C)(=O)=O. The maximum Gasteiger partial charge on any atom is 0.244 e. The summed E-state index contributed by atoms with van der Waals surface area (Å²) < 4.78 is 40.1. The van der Waals surface area contributed by atoms with Crippen molar-refractivity contribution in [2.75, 3.05) is 23.7 Å². The topological polar surface area (TPSA) is 86.8 Å². The summed E-state index contributed by atoms with van der Waals surface area (Å²) in [6.45, 7) is 1.24. The molecule has 0 radical (unpaired) electrons. The van der Waals surface area contributed by atoms with Gasteiger partial charge in [0, 0.05) is 35.1 Å². The van der Waals surface area contributed by atoms with E-state index >= 15 is 0 Å². The molecule has 0 aliphatic carbocycles. The molecule has 3 aromatic carbocycles. The lowest BCUT2D eigenvalue weighted by Crippen LogP contribution is -2.53. The van der Waals surface area contributed by atoms with E-state index in [0.717, 1.165) is 22.2 Å². The van der Waals surface area contributed by atoms with Crippen LogP contribution in [0.5, 0.6) is 0 Å². The smallest absolute Gasteiger partial charge is 0.244 e. The molecule has 1 atom stereocenters. The van der Waals surface area contributed by atoms with Crippen LogP contribution in [-0.2, 0) is 32.6 Å². The number of rotatable bonds is 11. The van der Waals surface area contributed by atoms with Crippen molar-refractivity contribution >= 4 is 50.7 Å². The van der Waals surface area contributed by atoms with Crippen LogP contribution in [0.4, 0.5) is 10.1 Å². The standard InChI is InChI=1S/C27H28Cl2FN3O4S/c1-3-31-27(35)25(15-19-9-5-4-6-10-19)32(17-22-23(28)13-8-14-24(22)29)26(34)18-33(38(2,36)37)21-12-7-11-20(30)16-21/h4-14,16,25H,3,15,17-18H2,1-2H3,(H,31,35)/t25-/m1/s1. The minimum absolute atomic E-state index is 0.0193. The van der Waals surface area contributed by atoms with Gasteiger partial charge in [-0.3, -0.25) is 13.9 Å². The van der Waals surface area contributed by atoms with Gasteiger partial charge in [0.15, 0.2) is 0 Å². The molecule has 0 unspecified atom stereocenters. The second-order valence-corrected chi connectivity index (χ2v) is 11.3. The Hall–Kier alpha value is -3.14. The number of hydrogen-bond acceptors (Lipinski definition) is 4. The normalized spacial score (nSPS) is 12.0. The molecule has 0 bridgehead atoms. The van der Waals surface area contributed by atoms with Crippen LogP contribution in [0.1, 0.15) is 18.1 Å². The zero-order valence-corrected chi connectivity index (χ0v) is 23.2. The summed E-state index contributed by atoms with van der Waals surface area (Å²) in [6, 6.07) is 17.9. The highest BCUT2D eigenvalue weighted by atomic mass is 35.5. The number of nitrogens with one attached hydrogen (secondary N) is 1. The average molecular weight is 581 g/mol. The fraction of sp³-hybridized carbons (Fsp3) is 0.259. The maximum absolute atomic E-state index is 14.0. The van der Waals surface area contributed by atoms with Crippen LogP contribution in [-0.4, -0.2) is 50.5 Å². The third-order valence-corrected chi connectivity index (χ3v) is 7.64. The number of amides is 2. The predicted molar refractivity (Wildman–Crippen MR) is 148 cm³/mol. The van der Waals surface area contributed by atoms with Crippen LogP contribution in [0, 0.1) is 5.82 Å². The van der Waals surface area contributed by atoms with Gasteiger partial charge in [-0.2, -0.15) is 0 Å². The van der Waals surface area contributed by atoms with E-state index in [1.807, 2.05) is 30.3 Å². The van der Waals surface area contributed by atoms with Gasteiger partial charge in [0.1, 0.15) is 18.4 Å². The van der Waals surface area contributed by atoms with Crippen molar-refractivity contribution < 1.29 is 22.4 Å². The largest absolute Gasteiger partial charge is 0.355 e. The molecule has 0 saturated carbocycles. The molecule has 3 rings (SSSR count). The van der Waals surface area contributed by atoms with Crippen molar-refractivity contribution in [1.82, 2.24) is 10.2 Å². The second kappa shape index (κ2) is 13.1. The lowest BCUT2D eigenvalue weighted by Gasteiger charge is -2.33. The van der Waals surface area contributed by atoms with E-state index in [9.17, 15) is 22.4 Å². The van der Waals surface area contributed by atoms with E-state index in [1.165, 1.54) is 23.1 Å². The third-order valence-electron chi connectivity index (χ3n) is 5.79. The van der Waals surface area contributed by atoms with Gasteiger partial charge in [0.2, 0.25) is 21.8 Å². The highest BCUT2D eigenvalue weighted by Crippen LogP contribution is 2.28. The molecular weight excluding hydrogens is 552 g/mol. The van der Waals surface area contributed by atoms with Crippen molar-refractivity contribution in [3.05, 3.63) is 99.8 Å². The lowest BCUT2D eigenvalue weighted by molar-refractivity contribution is -0.140. The van der Waals surface area contributed by atoms with Crippen molar-refractivity contribution in [3.8, 4) is 0 Å². The number of carbonyl (C=O) groups excluding carboxylic acids is 2. The minimum atomic E-state index is -4.00. The van der Waals surface area contributed by atoms with E-state index in [1.54, 1.807) is 25.1 Å². The molecule has 0 spiro atoms. The number of anilines is 1. The first-order valence-corrected chi connectivity index (χ1v) is 14.4. The van der Waals surface area contributed by atoms with Gasteiger partial charge in [-0.15, -0.1) is 0 Å². The van der Waals surface area contributed by atoms with Crippen molar-refractivity contribution in [2.45, 2.75) is 25.9 Å². The fourth-order valence-electron chi connectivity index (χ4n) is 3.94.